The average Bonchev–Trinajstić information content (AvgIpc) is 3.14. The van der Waals surface area contributed by atoms with Gasteiger partial charge in [-0.15, -0.1) is 0 Å². The number of rotatable bonds is 41. The highest BCUT2D eigenvalue weighted by molar-refractivity contribution is 5.70. The number of unbranched alkanes of at least 4 members (excludes halogenated alkanes) is 20. The third-order valence-corrected chi connectivity index (χ3v) is 10.2. The van der Waals surface area contributed by atoms with Crippen LogP contribution in [0, 0.1) is 5.92 Å². The lowest BCUT2D eigenvalue weighted by molar-refractivity contribution is -0.153. The van der Waals surface area contributed by atoms with Gasteiger partial charge < -0.3 is 19.5 Å². The molecule has 0 unspecified atom stereocenters. The minimum atomic E-state index is -0.232. The third kappa shape index (κ3) is 38.1. The van der Waals surface area contributed by atoms with Crippen LogP contribution in [0.15, 0.2) is 24.3 Å². The Morgan fingerprint density at radius 1 is 0.519 bits per heavy atom. The Hall–Kier alpha value is -1.66. The summed E-state index contributed by atoms with van der Waals surface area (Å²) >= 11 is 0. The Balaban J connectivity index is 4.22. The number of carbonyl (C=O) groups is 2. The molecule has 0 spiro atoms. The molecule has 0 radical (unpaired) electrons. The van der Waals surface area contributed by atoms with Crippen LogP contribution in [0.1, 0.15) is 213 Å². The topological polar surface area (TPSA) is 76.1 Å². The molecule has 6 heteroatoms. The van der Waals surface area contributed by atoms with Crippen LogP contribution in [0.2, 0.25) is 0 Å². The van der Waals surface area contributed by atoms with Crippen LogP contribution in [0.25, 0.3) is 0 Å². The van der Waals surface area contributed by atoms with Gasteiger partial charge in [0.2, 0.25) is 0 Å². The lowest BCUT2D eigenvalue weighted by Crippen LogP contribution is -2.29. The molecule has 1 N–H and O–H groups in total. The zero-order valence-electron chi connectivity index (χ0n) is 34.9. The van der Waals surface area contributed by atoms with Gasteiger partial charge in [0.25, 0.3) is 0 Å². The molecular formula is C46H87NO5. The van der Waals surface area contributed by atoms with Gasteiger partial charge >= 0.3 is 11.9 Å². The van der Waals surface area contributed by atoms with Gasteiger partial charge in [0.1, 0.15) is 13.2 Å². The van der Waals surface area contributed by atoms with Gasteiger partial charge in [0, 0.05) is 19.6 Å². The molecule has 0 saturated carbocycles. The van der Waals surface area contributed by atoms with E-state index in [1.807, 2.05) is 0 Å². The molecule has 0 aliphatic rings. The maximum atomic E-state index is 12.7. The molecule has 0 amide bonds. The minimum Gasteiger partial charge on any atom is -0.462 e. The first-order chi connectivity index (χ1) is 25.6. The van der Waals surface area contributed by atoms with E-state index in [9.17, 15) is 14.7 Å². The molecule has 0 aromatic carbocycles. The van der Waals surface area contributed by atoms with Crippen LogP contribution in [0.4, 0.5) is 0 Å². The van der Waals surface area contributed by atoms with Crippen LogP contribution in [0.5, 0.6) is 0 Å². The second-order valence-electron chi connectivity index (χ2n) is 15.2. The molecule has 52 heavy (non-hydrogen) atoms. The maximum Gasteiger partial charge on any atom is 0.307 e. The second kappa shape index (κ2) is 42.1. The van der Waals surface area contributed by atoms with Crippen LogP contribution in [-0.4, -0.2) is 61.4 Å². The summed E-state index contributed by atoms with van der Waals surface area (Å²) < 4.78 is 11.0. The molecule has 0 saturated heterocycles. The molecular weight excluding hydrogens is 647 g/mol. The van der Waals surface area contributed by atoms with Gasteiger partial charge in [0.05, 0.1) is 6.42 Å². The molecule has 0 aliphatic carbocycles. The van der Waals surface area contributed by atoms with E-state index in [-0.39, 0.29) is 31.8 Å². The summed E-state index contributed by atoms with van der Waals surface area (Å²) in [6, 6.07) is 0. The summed E-state index contributed by atoms with van der Waals surface area (Å²) in [6.07, 6.45) is 44.2. The zero-order valence-corrected chi connectivity index (χ0v) is 34.9. The van der Waals surface area contributed by atoms with E-state index in [1.54, 1.807) is 0 Å². The maximum absolute atomic E-state index is 12.7. The number of carbonyl (C=O) groups excluding carboxylic acids is 2. The molecule has 306 valence electrons. The SMILES string of the molecule is CCCCC/C=C\C/C=C\CCCCCCCCN(CCCCO)CCC(=O)OCCOC(=O)CC(CCCCCCCC)CCCCCCCC. The lowest BCUT2D eigenvalue weighted by atomic mass is 9.91. The highest BCUT2D eigenvalue weighted by atomic mass is 16.6. The number of allylic oxidation sites excluding steroid dienone is 4. The van der Waals surface area contributed by atoms with Crippen molar-refractivity contribution in [2.75, 3.05) is 39.5 Å². The smallest absolute Gasteiger partial charge is 0.307 e. The van der Waals surface area contributed by atoms with Crippen LogP contribution in [0.3, 0.4) is 0 Å². The van der Waals surface area contributed by atoms with Crippen molar-refractivity contribution in [1.82, 2.24) is 4.90 Å². The Kier molecular flexibility index (Phi) is 40.7. The fourth-order valence-electron chi connectivity index (χ4n) is 6.81. The third-order valence-electron chi connectivity index (χ3n) is 10.2. The van der Waals surface area contributed by atoms with E-state index in [4.69, 9.17) is 9.47 Å². The Labute approximate surface area is 323 Å². The van der Waals surface area contributed by atoms with Crippen LogP contribution < -0.4 is 0 Å². The summed E-state index contributed by atoms with van der Waals surface area (Å²) in [4.78, 5) is 27.5. The Morgan fingerprint density at radius 2 is 0.962 bits per heavy atom. The first-order valence-corrected chi connectivity index (χ1v) is 22.5. The van der Waals surface area contributed by atoms with Crippen molar-refractivity contribution in [2.45, 2.75) is 213 Å². The summed E-state index contributed by atoms with van der Waals surface area (Å²) in [5.41, 5.74) is 0. The fourth-order valence-corrected chi connectivity index (χ4v) is 6.81. The first kappa shape index (κ1) is 50.3. The van der Waals surface area contributed by atoms with E-state index < -0.39 is 0 Å². The second-order valence-corrected chi connectivity index (χ2v) is 15.2. The predicted molar refractivity (Wildman–Crippen MR) is 223 cm³/mol. The molecule has 0 aromatic heterocycles. The Bertz CT molecular complexity index is 797. The van der Waals surface area contributed by atoms with Gasteiger partial charge in [-0.25, -0.2) is 0 Å². The monoisotopic (exact) mass is 734 g/mol. The quantitative estimate of drug-likeness (QED) is 0.0383. The van der Waals surface area contributed by atoms with E-state index in [1.165, 1.54) is 141 Å². The van der Waals surface area contributed by atoms with Crippen LogP contribution in [-0.2, 0) is 19.1 Å². The van der Waals surface area contributed by atoms with E-state index in [0.29, 0.717) is 25.3 Å². The van der Waals surface area contributed by atoms with Gasteiger partial charge in [0.15, 0.2) is 0 Å². The molecule has 0 atom stereocenters. The van der Waals surface area contributed by atoms with E-state index in [0.717, 1.165) is 51.6 Å². The number of hydrogen-bond acceptors (Lipinski definition) is 6. The first-order valence-electron chi connectivity index (χ1n) is 22.5. The Morgan fingerprint density at radius 3 is 1.52 bits per heavy atom. The normalized spacial score (nSPS) is 11.9. The van der Waals surface area contributed by atoms with E-state index >= 15 is 0 Å². The van der Waals surface area contributed by atoms with Gasteiger partial charge in [-0.1, -0.05) is 161 Å². The number of aliphatic hydroxyl groups is 1. The van der Waals surface area contributed by atoms with Crippen molar-refractivity contribution in [1.29, 1.82) is 0 Å². The summed E-state index contributed by atoms with van der Waals surface area (Å²) in [5.74, 6) is 0.0136. The standard InChI is InChI=1S/C46H87NO5/c1-4-7-10-13-16-17-18-19-20-21-22-23-24-25-28-31-37-47(38-32-33-40-48)39-36-45(49)51-41-42-52-46(50)43-44(34-29-26-14-11-8-5-2)35-30-27-15-12-9-6-3/h16-17,19-20,44,48H,4-15,18,21-43H2,1-3H3/b17-16-,20-19-. The van der Waals surface area contributed by atoms with Crippen molar-refractivity contribution in [3.8, 4) is 0 Å². The van der Waals surface area contributed by atoms with Crippen LogP contribution >= 0.6 is 0 Å². The number of aliphatic hydroxyl groups excluding tert-OH is 1. The van der Waals surface area contributed by atoms with Crippen molar-refractivity contribution in [2.24, 2.45) is 5.92 Å². The molecule has 0 aromatic rings. The predicted octanol–water partition coefficient (Wildman–Crippen LogP) is 12.9. The summed E-state index contributed by atoms with van der Waals surface area (Å²) in [6.45, 7) is 9.76. The van der Waals surface area contributed by atoms with E-state index in [2.05, 4.69) is 50.0 Å². The number of hydrogen-bond donors (Lipinski definition) is 1. The molecule has 6 nitrogen and oxygen atoms in total. The van der Waals surface area contributed by atoms with Crippen molar-refractivity contribution >= 4 is 11.9 Å². The average molecular weight is 734 g/mol. The largest absolute Gasteiger partial charge is 0.462 e. The van der Waals surface area contributed by atoms with Crippen molar-refractivity contribution in [3.05, 3.63) is 24.3 Å². The van der Waals surface area contributed by atoms with Crippen molar-refractivity contribution in [3.63, 3.8) is 0 Å². The number of ether oxygens (including phenoxy) is 2. The van der Waals surface area contributed by atoms with Crippen molar-refractivity contribution < 1.29 is 24.2 Å². The van der Waals surface area contributed by atoms with Gasteiger partial charge in [-0.2, -0.15) is 0 Å². The molecule has 0 fully saturated rings. The fraction of sp³-hybridized carbons (Fsp3) is 0.870. The molecule has 0 heterocycles. The highest BCUT2D eigenvalue weighted by Gasteiger charge is 2.16. The lowest BCUT2D eigenvalue weighted by Gasteiger charge is -2.22. The van der Waals surface area contributed by atoms with Gasteiger partial charge in [-0.05, 0) is 83.2 Å². The molecule has 0 aliphatic heterocycles. The highest BCUT2D eigenvalue weighted by Crippen LogP contribution is 2.23. The number of esters is 2. The number of nitrogens with zero attached hydrogens (tertiary/aromatic N) is 1. The summed E-state index contributed by atoms with van der Waals surface area (Å²) in [7, 11) is 0. The minimum absolute atomic E-state index is 0.126. The zero-order chi connectivity index (χ0) is 38.0. The molecule has 0 bridgehead atoms. The summed E-state index contributed by atoms with van der Waals surface area (Å²) in [5, 5.41) is 9.24. The van der Waals surface area contributed by atoms with Gasteiger partial charge in [-0.3, -0.25) is 9.59 Å². The molecule has 0 rings (SSSR count).